The molecule has 10 heteroatoms. The normalized spacial score (nSPS) is 21.2. The van der Waals surface area contributed by atoms with Gasteiger partial charge in [0.2, 0.25) is 15.9 Å². The summed E-state index contributed by atoms with van der Waals surface area (Å²) in [4.78, 5) is 24.7. The van der Waals surface area contributed by atoms with Gasteiger partial charge in [0.1, 0.15) is 11.8 Å². The van der Waals surface area contributed by atoms with E-state index in [1.165, 1.54) is 22.5 Å². The molecule has 1 saturated heterocycles. The van der Waals surface area contributed by atoms with E-state index in [0.717, 1.165) is 5.56 Å². The van der Waals surface area contributed by atoms with Gasteiger partial charge in [0.05, 0.1) is 10.6 Å². The third kappa shape index (κ3) is 4.26. The first-order valence-electron chi connectivity index (χ1n) is 9.92. The lowest BCUT2D eigenvalue weighted by molar-refractivity contribution is -0.124. The first-order valence-corrected chi connectivity index (χ1v) is 11.7. The highest BCUT2D eigenvalue weighted by atomic mass is 35.5. The number of carbonyl (C=O) groups excluding carboxylic acids is 2. The van der Waals surface area contributed by atoms with Gasteiger partial charge in [-0.1, -0.05) is 29.8 Å². The SMILES string of the molecule is CC1Oc2ccc(S(=O)(=O)N3CCCC3C(=O)NCc3ccccc3Cl)cc2NC1=O. The number of fused-ring (bicyclic) bond motifs is 1. The van der Waals surface area contributed by atoms with Gasteiger partial charge in [-0.25, -0.2) is 8.42 Å². The molecule has 2 atom stereocenters. The summed E-state index contributed by atoms with van der Waals surface area (Å²) in [5, 5.41) is 5.97. The Morgan fingerprint density at radius 2 is 2.06 bits per heavy atom. The molecular weight excluding hydrogens is 442 g/mol. The number of rotatable bonds is 5. The zero-order valence-electron chi connectivity index (χ0n) is 16.8. The van der Waals surface area contributed by atoms with Gasteiger partial charge in [-0.3, -0.25) is 9.59 Å². The van der Waals surface area contributed by atoms with Crippen molar-refractivity contribution in [3.63, 3.8) is 0 Å². The fourth-order valence-electron chi connectivity index (χ4n) is 3.72. The second-order valence-corrected chi connectivity index (χ2v) is 9.79. The van der Waals surface area contributed by atoms with E-state index in [2.05, 4.69) is 10.6 Å². The number of hydrogen-bond acceptors (Lipinski definition) is 5. The quantitative estimate of drug-likeness (QED) is 0.709. The van der Waals surface area contributed by atoms with E-state index in [9.17, 15) is 18.0 Å². The molecule has 0 aliphatic carbocycles. The molecule has 8 nitrogen and oxygen atoms in total. The fourth-order valence-corrected chi connectivity index (χ4v) is 5.60. The number of nitrogens with one attached hydrogen (secondary N) is 2. The Labute approximate surface area is 185 Å². The Kier molecular flexibility index (Phi) is 5.92. The van der Waals surface area contributed by atoms with E-state index >= 15 is 0 Å². The number of amides is 2. The van der Waals surface area contributed by atoms with Crippen LogP contribution in [0.25, 0.3) is 0 Å². The highest BCUT2D eigenvalue weighted by Gasteiger charge is 2.40. The third-order valence-corrected chi connectivity index (χ3v) is 7.68. The highest BCUT2D eigenvalue weighted by Crippen LogP contribution is 2.34. The van der Waals surface area contributed by atoms with Crippen LogP contribution in [0.4, 0.5) is 5.69 Å². The zero-order chi connectivity index (χ0) is 22.2. The van der Waals surface area contributed by atoms with Crippen LogP contribution in [0.5, 0.6) is 5.75 Å². The summed E-state index contributed by atoms with van der Waals surface area (Å²) < 4.78 is 33.3. The van der Waals surface area contributed by atoms with Gasteiger partial charge in [0, 0.05) is 18.1 Å². The summed E-state index contributed by atoms with van der Waals surface area (Å²) in [6.45, 7) is 2.06. The standard InChI is InChI=1S/C21H22ClN3O5S/c1-13-20(26)24-17-11-15(8-9-19(17)30-13)31(28,29)25-10-4-7-18(25)21(27)23-12-14-5-2-3-6-16(14)22/h2-3,5-6,8-9,11,13,18H,4,7,10,12H2,1H3,(H,23,27)(H,24,26). The minimum Gasteiger partial charge on any atom is -0.479 e. The topological polar surface area (TPSA) is 105 Å². The Balaban J connectivity index is 1.52. The van der Waals surface area contributed by atoms with Crippen LogP contribution < -0.4 is 15.4 Å². The summed E-state index contributed by atoms with van der Waals surface area (Å²) in [6, 6.07) is 10.6. The van der Waals surface area contributed by atoms with Crippen LogP contribution in [-0.2, 0) is 26.2 Å². The van der Waals surface area contributed by atoms with E-state index in [1.807, 2.05) is 6.07 Å². The van der Waals surface area contributed by atoms with Crippen molar-refractivity contribution in [3.05, 3.63) is 53.1 Å². The predicted octanol–water partition coefficient (Wildman–Crippen LogP) is 2.53. The predicted molar refractivity (Wildman–Crippen MR) is 115 cm³/mol. The Bertz CT molecular complexity index is 1140. The molecule has 2 aliphatic rings. The van der Waals surface area contributed by atoms with Crippen molar-refractivity contribution in [3.8, 4) is 5.75 Å². The number of benzene rings is 2. The summed E-state index contributed by atoms with van der Waals surface area (Å²) in [5.41, 5.74) is 1.05. The summed E-state index contributed by atoms with van der Waals surface area (Å²) in [7, 11) is -3.95. The van der Waals surface area contributed by atoms with Crippen LogP contribution in [0.3, 0.4) is 0 Å². The molecule has 2 unspecified atom stereocenters. The van der Waals surface area contributed by atoms with E-state index in [0.29, 0.717) is 29.3 Å². The van der Waals surface area contributed by atoms with Crippen LogP contribution in [0.2, 0.25) is 5.02 Å². The molecule has 2 aliphatic heterocycles. The van der Waals surface area contributed by atoms with Crippen LogP contribution in [0.15, 0.2) is 47.4 Å². The zero-order valence-corrected chi connectivity index (χ0v) is 18.4. The number of ether oxygens (including phenoxy) is 1. The molecule has 31 heavy (non-hydrogen) atoms. The number of halogens is 1. The van der Waals surface area contributed by atoms with Crippen molar-refractivity contribution in [2.75, 3.05) is 11.9 Å². The Morgan fingerprint density at radius 3 is 2.84 bits per heavy atom. The van der Waals surface area contributed by atoms with Gasteiger partial charge in [-0.2, -0.15) is 4.31 Å². The van der Waals surface area contributed by atoms with Crippen LogP contribution in [0, 0.1) is 0 Å². The Hall–Kier alpha value is -2.62. The van der Waals surface area contributed by atoms with E-state index in [-0.39, 0.29) is 29.8 Å². The molecule has 0 aromatic heterocycles. The minimum absolute atomic E-state index is 0.00416. The smallest absolute Gasteiger partial charge is 0.265 e. The molecule has 2 heterocycles. The number of carbonyl (C=O) groups is 2. The maximum Gasteiger partial charge on any atom is 0.265 e. The van der Waals surface area contributed by atoms with Gasteiger partial charge in [-0.05, 0) is 49.6 Å². The molecule has 2 N–H and O–H groups in total. The summed E-state index contributed by atoms with van der Waals surface area (Å²) in [6.07, 6.45) is 0.349. The molecule has 164 valence electrons. The maximum absolute atomic E-state index is 13.3. The van der Waals surface area contributed by atoms with Gasteiger partial charge in [0.25, 0.3) is 5.91 Å². The van der Waals surface area contributed by atoms with Gasteiger partial charge < -0.3 is 15.4 Å². The van der Waals surface area contributed by atoms with Gasteiger partial charge in [-0.15, -0.1) is 0 Å². The van der Waals surface area contributed by atoms with E-state index < -0.39 is 22.2 Å². The molecule has 0 spiro atoms. The monoisotopic (exact) mass is 463 g/mol. The fraction of sp³-hybridized carbons (Fsp3) is 0.333. The molecule has 2 aromatic rings. The second-order valence-electron chi connectivity index (χ2n) is 7.49. The first kappa shape index (κ1) is 21.6. The molecular formula is C21H22ClN3O5S. The molecule has 1 fully saturated rings. The lowest BCUT2D eigenvalue weighted by atomic mass is 10.2. The summed E-state index contributed by atoms with van der Waals surface area (Å²) >= 11 is 6.13. The molecule has 2 amide bonds. The minimum atomic E-state index is -3.95. The van der Waals surface area contributed by atoms with Gasteiger partial charge in [0.15, 0.2) is 6.10 Å². The molecule has 0 bridgehead atoms. The van der Waals surface area contributed by atoms with Crippen molar-refractivity contribution in [1.82, 2.24) is 9.62 Å². The van der Waals surface area contributed by atoms with Crippen molar-refractivity contribution in [2.24, 2.45) is 0 Å². The van der Waals surface area contributed by atoms with Crippen LogP contribution in [0.1, 0.15) is 25.3 Å². The second kappa shape index (κ2) is 8.49. The van der Waals surface area contributed by atoms with E-state index in [1.54, 1.807) is 25.1 Å². The van der Waals surface area contributed by atoms with Crippen molar-refractivity contribution in [2.45, 2.75) is 43.4 Å². The largest absolute Gasteiger partial charge is 0.479 e. The average Bonchev–Trinajstić information content (AvgIpc) is 3.24. The number of hydrogen-bond donors (Lipinski definition) is 2. The number of anilines is 1. The number of sulfonamides is 1. The molecule has 4 rings (SSSR count). The molecule has 0 radical (unpaired) electrons. The van der Waals surface area contributed by atoms with Crippen LogP contribution >= 0.6 is 11.6 Å². The average molecular weight is 464 g/mol. The first-order chi connectivity index (χ1) is 14.8. The lowest BCUT2D eigenvalue weighted by Gasteiger charge is -2.26. The van der Waals surface area contributed by atoms with Crippen molar-refractivity contribution in [1.29, 1.82) is 0 Å². The molecule has 0 saturated carbocycles. The molecule has 2 aromatic carbocycles. The Morgan fingerprint density at radius 1 is 1.29 bits per heavy atom. The maximum atomic E-state index is 13.3. The lowest BCUT2D eigenvalue weighted by Crippen LogP contribution is -2.45. The number of nitrogens with zero attached hydrogens (tertiary/aromatic N) is 1. The van der Waals surface area contributed by atoms with E-state index in [4.69, 9.17) is 16.3 Å². The van der Waals surface area contributed by atoms with Crippen LogP contribution in [-0.4, -0.2) is 43.2 Å². The van der Waals surface area contributed by atoms with Crippen molar-refractivity contribution >= 4 is 39.1 Å². The van der Waals surface area contributed by atoms with Crippen molar-refractivity contribution < 1.29 is 22.7 Å². The third-order valence-electron chi connectivity index (χ3n) is 5.41. The van der Waals surface area contributed by atoms with Gasteiger partial charge >= 0.3 is 0 Å². The summed E-state index contributed by atoms with van der Waals surface area (Å²) in [5.74, 6) is -0.314. The highest BCUT2D eigenvalue weighted by molar-refractivity contribution is 7.89.